The molecule has 0 bridgehead atoms. The summed E-state index contributed by atoms with van der Waals surface area (Å²) in [6.07, 6.45) is 0. The lowest BCUT2D eigenvalue weighted by molar-refractivity contribution is 0.482. The van der Waals surface area contributed by atoms with Gasteiger partial charge in [-0.1, -0.05) is 6.07 Å². The van der Waals surface area contributed by atoms with E-state index in [4.69, 9.17) is 4.55 Å². The Hall–Kier alpha value is -0.910. The highest BCUT2D eigenvalue weighted by atomic mass is 32.2. The molecule has 0 atom stereocenters. The van der Waals surface area contributed by atoms with Gasteiger partial charge < -0.3 is 5.32 Å². The minimum Gasteiger partial charge on any atom is -0.316 e. The lowest BCUT2D eigenvalue weighted by atomic mass is 10.1. The van der Waals surface area contributed by atoms with Crippen molar-refractivity contribution >= 4 is 10.1 Å². The van der Waals surface area contributed by atoms with E-state index < -0.39 is 10.1 Å². The lowest BCUT2D eigenvalue weighted by Crippen LogP contribution is -2.09. The topological polar surface area (TPSA) is 66.4 Å². The summed E-state index contributed by atoms with van der Waals surface area (Å²) in [5, 5.41) is 2.95. The van der Waals surface area contributed by atoms with Gasteiger partial charge in [0.1, 0.15) is 0 Å². The summed E-state index contributed by atoms with van der Waals surface area (Å²) >= 11 is 0. The van der Waals surface area contributed by atoms with Crippen molar-refractivity contribution in [2.24, 2.45) is 0 Å². The molecule has 0 saturated heterocycles. The maximum absolute atomic E-state index is 11.1. The van der Waals surface area contributed by atoms with Crippen LogP contribution in [0.3, 0.4) is 0 Å². The van der Waals surface area contributed by atoms with Gasteiger partial charge in [-0.25, -0.2) is 0 Å². The third-order valence-corrected chi connectivity index (χ3v) is 3.27. The lowest BCUT2D eigenvalue weighted by Gasteiger charge is -2.09. The third-order valence-electron chi connectivity index (χ3n) is 2.28. The van der Waals surface area contributed by atoms with Gasteiger partial charge in [-0.15, -0.1) is 0 Å². The number of hydrogen-bond donors (Lipinski definition) is 2. The highest BCUT2D eigenvalue weighted by molar-refractivity contribution is 7.85. The van der Waals surface area contributed by atoms with Gasteiger partial charge in [0.2, 0.25) is 0 Å². The number of nitrogens with one attached hydrogen (secondary N) is 1. The molecule has 0 radical (unpaired) electrons. The molecule has 1 aromatic carbocycles. The Labute approximate surface area is 90.1 Å². The molecule has 2 N–H and O–H groups in total. The van der Waals surface area contributed by atoms with E-state index in [0.29, 0.717) is 12.1 Å². The molecule has 84 valence electrons. The monoisotopic (exact) mass is 229 g/mol. The zero-order chi connectivity index (χ0) is 11.6. The first-order valence-electron chi connectivity index (χ1n) is 4.58. The molecule has 0 spiro atoms. The van der Waals surface area contributed by atoms with Crippen LogP contribution in [0.1, 0.15) is 16.7 Å². The number of benzene rings is 1. The van der Waals surface area contributed by atoms with Crippen molar-refractivity contribution in [2.45, 2.75) is 25.3 Å². The molecule has 0 saturated carbocycles. The molecule has 1 aromatic rings. The van der Waals surface area contributed by atoms with Crippen molar-refractivity contribution in [2.75, 3.05) is 7.05 Å². The Kier molecular flexibility index (Phi) is 3.49. The minimum absolute atomic E-state index is 0.0154. The predicted octanol–water partition coefficient (Wildman–Crippen LogP) is 1.27. The Morgan fingerprint density at radius 1 is 1.27 bits per heavy atom. The van der Waals surface area contributed by atoms with Crippen LogP contribution >= 0.6 is 0 Å². The smallest absolute Gasteiger partial charge is 0.294 e. The first-order valence-corrected chi connectivity index (χ1v) is 6.02. The van der Waals surface area contributed by atoms with Crippen molar-refractivity contribution in [3.63, 3.8) is 0 Å². The highest BCUT2D eigenvalue weighted by Crippen LogP contribution is 2.20. The van der Waals surface area contributed by atoms with E-state index in [1.807, 2.05) is 6.92 Å². The summed E-state index contributed by atoms with van der Waals surface area (Å²) in [4.78, 5) is -0.0154. The fourth-order valence-electron chi connectivity index (χ4n) is 1.53. The Morgan fingerprint density at radius 2 is 1.87 bits per heavy atom. The predicted molar refractivity (Wildman–Crippen MR) is 58.5 cm³/mol. The third kappa shape index (κ3) is 2.77. The summed E-state index contributed by atoms with van der Waals surface area (Å²) in [5.41, 5.74) is 2.44. The zero-order valence-corrected chi connectivity index (χ0v) is 9.85. The largest absolute Gasteiger partial charge is 0.316 e. The maximum Gasteiger partial charge on any atom is 0.294 e. The van der Waals surface area contributed by atoms with Crippen LogP contribution in [0, 0.1) is 13.8 Å². The molecule has 0 unspecified atom stereocenters. The van der Waals surface area contributed by atoms with E-state index >= 15 is 0 Å². The molecule has 0 aliphatic carbocycles. The highest BCUT2D eigenvalue weighted by Gasteiger charge is 2.14. The number of hydrogen-bond acceptors (Lipinski definition) is 3. The molecule has 0 aliphatic heterocycles. The molecule has 4 nitrogen and oxygen atoms in total. The van der Waals surface area contributed by atoms with E-state index in [1.54, 1.807) is 20.0 Å². The molecular formula is C10H15NO3S. The fraction of sp³-hybridized carbons (Fsp3) is 0.400. The Balaban J connectivity index is 3.36. The second kappa shape index (κ2) is 4.30. The first-order chi connectivity index (χ1) is 6.86. The molecule has 0 fully saturated rings. The average molecular weight is 229 g/mol. The van der Waals surface area contributed by atoms with Crippen molar-refractivity contribution < 1.29 is 13.0 Å². The Bertz CT molecular complexity index is 466. The fourth-order valence-corrected chi connectivity index (χ4v) is 2.29. The summed E-state index contributed by atoms with van der Waals surface area (Å²) in [5.74, 6) is 0. The van der Waals surface area contributed by atoms with Crippen LogP contribution in [0.5, 0.6) is 0 Å². The first kappa shape index (κ1) is 12.2. The van der Waals surface area contributed by atoms with Crippen LogP contribution in [-0.4, -0.2) is 20.0 Å². The number of aryl methyl sites for hydroxylation is 2. The van der Waals surface area contributed by atoms with E-state index in [0.717, 1.165) is 11.1 Å². The van der Waals surface area contributed by atoms with E-state index in [1.165, 1.54) is 6.07 Å². The summed E-state index contributed by atoms with van der Waals surface area (Å²) in [6.45, 7) is 4.15. The normalized spacial score (nSPS) is 11.7. The molecular weight excluding hydrogens is 214 g/mol. The molecule has 1 rings (SSSR count). The SMILES string of the molecule is CNCc1cc(S(=O)(=O)O)c(C)cc1C. The van der Waals surface area contributed by atoms with Gasteiger partial charge >= 0.3 is 0 Å². The maximum atomic E-state index is 11.1. The van der Waals surface area contributed by atoms with Crippen LogP contribution in [0.15, 0.2) is 17.0 Å². The van der Waals surface area contributed by atoms with Crippen LogP contribution in [0.2, 0.25) is 0 Å². The summed E-state index contributed by atoms with van der Waals surface area (Å²) in [7, 11) is -2.33. The van der Waals surface area contributed by atoms with Crippen molar-refractivity contribution in [1.82, 2.24) is 5.32 Å². The van der Waals surface area contributed by atoms with Gasteiger partial charge in [0, 0.05) is 6.54 Å². The second-order valence-electron chi connectivity index (χ2n) is 3.55. The quantitative estimate of drug-likeness (QED) is 0.766. The summed E-state index contributed by atoms with van der Waals surface area (Å²) < 4.78 is 31.1. The molecule has 0 amide bonds. The number of rotatable bonds is 3. The van der Waals surface area contributed by atoms with Gasteiger partial charge in [0.25, 0.3) is 10.1 Å². The molecule has 15 heavy (non-hydrogen) atoms. The van der Waals surface area contributed by atoms with Crippen molar-refractivity contribution in [3.05, 3.63) is 28.8 Å². The van der Waals surface area contributed by atoms with Crippen molar-refractivity contribution in [3.8, 4) is 0 Å². The van der Waals surface area contributed by atoms with Gasteiger partial charge in [-0.2, -0.15) is 8.42 Å². The second-order valence-corrected chi connectivity index (χ2v) is 4.94. The van der Waals surface area contributed by atoms with Gasteiger partial charge in [-0.3, -0.25) is 4.55 Å². The molecule has 0 aliphatic rings. The van der Waals surface area contributed by atoms with E-state index in [9.17, 15) is 8.42 Å². The van der Waals surface area contributed by atoms with Gasteiger partial charge in [-0.05, 0) is 43.7 Å². The molecule has 0 heterocycles. The van der Waals surface area contributed by atoms with Crippen molar-refractivity contribution in [1.29, 1.82) is 0 Å². The summed E-state index contributed by atoms with van der Waals surface area (Å²) in [6, 6.07) is 3.27. The Morgan fingerprint density at radius 3 is 2.33 bits per heavy atom. The van der Waals surface area contributed by atoms with Crippen LogP contribution in [0.4, 0.5) is 0 Å². The van der Waals surface area contributed by atoms with Gasteiger partial charge in [0.05, 0.1) is 4.90 Å². The standard InChI is InChI=1S/C10H15NO3S/c1-7-4-8(2)10(15(12,13)14)5-9(7)6-11-3/h4-5,11H,6H2,1-3H3,(H,12,13,14). The molecule has 0 aromatic heterocycles. The van der Waals surface area contributed by atoms with E-state index in [-0.39, 0.29) is 4.90 Å². The molecule has 5 heteroatoms. The average Bonchev–Trinajstić information content (AvgIpc) is 2.07. The van der Waals surface area contributed by atoms with Crippen LogP contribution in [0.25, 0.3) is 0 Å². The minimum atomic E-state index is -4.12. The zero-order valence-electron chi connectivity index (χ0n) is 9.03. The van der Waals surface area contributed by atoms with Gasteiger partial charge in [0.15, 0.2) is 0 Å². The van der Waals surface area contributed by atoms with Crippen LogP contribution < -0.4 is 5.32 Å². The van der Waals surface area contributed by atoms with Crippen LogP contribution in [-0.2, 0) is 16.7 Å². The van der Waals surface area contributed by atoms with E-state index in [2.05, 4.69) is 5.32 Å².